The first-order chi connectivity index (χ1) is 11.4. The molecule has 0 aliphatic rings. The minimum absolute atomic E-state index is 0.214. The van der Waals surface area contributed by atoms with Crippen LogP contribution in [0.25, 0.3) is 11.1 Å². The summed E-state index contributed by atoms with van der Waals surface area (Å²) >= 11 is 0. The summed E-state index contributed by atoms with van der Waals surface area (Å²) in [7, 11) is 0. The van der Waals surface area contributed by atoms with Crippen LogP contribution in [0.5, 0.6) is 0 Å². The zero-order chi connectivity index (χ0) is 17.3. The van der Waals surface area contributed by atoms with Crippen LogP contribution < -0.4 is 10.6 Å². The van der Waals surface area contributed by atoms with Crippen molar-refractivity contribution in [1.82, 2.24) is 10.1 Å². The van der Waals surface area contributed by atoms with Gasteiger partial charge in [-0.2, -0.15) is 0 Å². The lowest BCUT2D eigenvalue weighted by Crippen LogP contribution is -2.31. The van der Waals surface area contributed by atoms with E-state index >= 15 is 0 Å². The van der Waals surface area contributed by atoms with Gasteiger partial charge in [-0.05, 0) is 32.0 Å². The van der Waals surface area contributed by atoms with E-state index in [-0.39, 0.29) is 11.8 Å². The van der Waals surface area contributed by atoms with Crippen molar-refractivity contribution in [2.45, 2.75) is 39.7 Å². The van der Waals surface area contributed by atoms with Crippen molar-refractivity contribution in [2.24, 2.45) is 0 Å². The summed E-state index contributed by atoms with van der Waals surface area (Å²) in [4.78, 5) is 16.7. The molecule has 0 aliphatic carbocycles. The van der Waals surface area contributed by atoms with Gasteiger partial charge in [0, 0.05) is 17.7 Å². The van der Waals surface area contributed by atoms with Gasteiger partial charge in [0.05, 0.1) is 5.69 Å². The summed E-state index contributed by atoms with van der Waals surface area (Å²) in [5, 5.41) is 9.55. The molecular weight excluding hydrogens is 308 g/mol. The lowest BCUT2D eigenvalue weighted by molar-refractivity contribution is -0.116. The highest BCUT2D eigenvalue weighted by Crippen LogP contribution is 2.24. The molecule has 3 rings (SSSR count). The third kappa shape index (κ3) is 3.40. The molecule has 2 N–H and O–H groups in total. The summed E-state index contributed by atoms with van der Waals surface area (Å²) < 4.78 is 10.7. The Labute approximate surface area is 139 Å². The van der Waals surface area contributed by atoms with Gasteiger partial charge >= 0.3 is 0 Å². The minimum Gasteiger partial charge on any atom is -0.440 e. The number of nitrogens with zero attached hydrogens (tertiary/aromatic N) is 2. The van der Waals surface area contributed by atoms with Crippen LogP contribution in [0.4, 0.5) is 11.6 Å². The van der Waals surface area contributed by atoms with Gasteiger partial charge in [-0.3, -0.25) is 10.1 Å². The van der Waals surface area contributed by atoms with Crippen LogP contribution in [-0.2, 0) is 4.79 Å². The highest BCUT2D eigenvalue weighted by Gasteiger charge is 2.16. The highest BCUT2D eigenvalue weighted by molar-refractivity contribution is 5.95. The van der Waals surface area contributed by atoms with Crippen LogP contribution in [0.1, 0.15) is 38.3 Å². The first kappa shape index (κ1) is 16.0. The van der Waals surface area contributed by atoms with E-state index in [9.17, 15) is 4.79 Å². The number of hydrogen-bond donors (Lipinski definition) is 2. The fourth-order valence-corrected chi connectivity index (χ4v) is 2.25. The Bertz CT molecular complexity index is 866. The van der Waals surface area contributed by atoms with Gasteiger partial charge in [-0.1, -0.05) is 19.0 Å². The van der Waals surface area contributed by atoms with Crippen molar-refractivity contribution in [3.05, 3.63) is 35.9 Å². The number of hydrogen-bond acceptors (Lipinski definition) is 6. The van der Waals surface area contributed by atoms with Crippen LogP contribution in [0, 0.1) is 6.92 Å². The topological polar surface area (TPSA) is 93.2 Å². The predicted octanol–water partition coefficient (Wildman–Crippen LogP) is 3.69. The Kier molecular flexibility index (Phi) is 4.24. The molecule has 24 heavy (non-hydrogen) atoms. The second kappa shape index (κ2) is 6.35. The van der Waals surface area contributed by atoms with E-state index in [0.29, 0.717) is 17.5 Å². The van der Waals surface area contributed by atoms with E-state index < -0.39 is 6.04 Å². The van der Waals surface area contributed by atoms with Gasteiger partial charge in [0.1, 0.15) is 11.6 Å². The molecule has 0 saturated carbocycles. The van der Waals surface area contributed by atoms with Gasteiger partial charge in [0.2, 0.25) is 11.8 Å². The summed E-state index contributed by atoms with van der Waals surface area (Å²) in [5.41, 5.74) is 3.01. The van der Waals surface area contributed by atoms with E-state index in [1.54, 1.807) is 19.9 Å². The Morgan fingerprint density at radius 3 is 2.67 bits per heavy atom. The third-order valence-electron chi connectivity index (χ3n) is 3.55. The van der Waals surface area contributed by atoms with Crippen LogP contribution in [0.15, 0.2) is 33.2 Å². The average Bonchev–Trinajstić information content (AvgIpc) is 3.12. The van der Waals surface area contributed by atoms with Crippen molar-refractivity contribution in [1.29, 1.82) is 0 Å². The van der Waals surface area contributed by atoms with Gasteiger partial charge in [0.15, 0.2) is 11.5 Å². The number of carbonyl (C=O) groups excluding carboxylic acids is 1. The average molecular weight is 328 g/mol. The zero-order valence-corrected chi connectivity index (χ0v) is 14.1. The zero-order valence-electron chi connectivity index (χ0n) is 14.1. The number of oxazole rings is 1. The maximum absolute atomic E-state index is 12.2. The van der Waals surface area contributed by atoms with Gasteiger partial charge < -0.3 is 14.3 Å². The number of fused-ring (bicyclic) bond motifs is 1. The summed E-state index contributed by atoms with van der Waals surface area (Å²) in [5.74, 6) is 1.05. The van der Waals surface area contributed by atoms with Crippen LogP contribution >= 0.6 is 0 Å². The van der Waals surface area contributed by atoms with Crippen LogP contribution in [-0.4, -0.2) is 22.1 Å². The Morgan fingerprint density at radius 1 is 1.21 bits per heavy atom. The predicted molar refractivity (Wildman–Crippen MR) is 91.1 cm³/mol. The molecule has 1 atom stereocenters. The first-order valence-electron chi connectivity index (χ1n) is 7.83. The molecule has 0 fully saturated rings. The maximum Gasteiger partial charge on any atom is 0.248 e. The smallest absolute Gasteiger partial charge is 0.248 e. The number of carbonyl (C=O) groups is 1. The second-order valence-electron chi connectivity index (χ2n) is 6.08. The lowest BCUT2D eigenvalue weighted by Gasteiger charge is -2.13. The summed E-state index contributed by atoms with van der Waals surface area (Å²) in [6.07, 6.45) is 0. The number of aromatic nitrogens is 2. The number of rotatable bonds is 5. The van der Waals surface area contributed by atoms with Gasteiger partial charge in [-0.25, -0.2) is 4.98 Å². The standard InChI is InChI=1S/C17H20N4O3/c1-9(2)17-19-13-8-12(5-6-14(13)23-17)18-11(4)16(22)20-15-7-10(3)21-24-15/h5-9,11,18H,1-4H3,(H,20,22). The number of benzene rings is 1. The van der Waals surface area contributed by atoms with E-state index in [1.165, 1.54) is 0 Å². The van der Waals surface area contributed by atoms with Crippen molar-refractivity contribution >= 4 is 28.6 Å². The van der Waals surface area contributed by atoms with Crippen molar-refractivity contribution < 1.29 is 13.7 Å². The SMILES string of the molecule is Cc1cc(NC(=O)C(C)Nc2ccc3oc(C(C)C)nc3c2)on1. The normalized spacial score (nSPS) is 12.5. The molecule has 0 bridgehead atoms. The molecule has 1 aromatic carbocycles. The lowest BCUT2D eigenvalue weighted by atomic mass is 10.2. The fraction of sp³-hybridized carbons (Fsp3) is 0.353. The van der Waals surface area contributed by atoms with Gasteiger partial charge in [0.25, 0.3) is 0 Å². The molecule has 1 unspecified atom stereocenters. The third-order valence-corrected chi connectivity index (χ3v) is 3.55. The molecule has 7 nitrogen and oxygen atoms in total. The molecule has 0 spiro atoms. The molecule has 1 amide bonds. The summed E-state index contributed by atoms with van der Waals surface area (Å²) in [6, 6.07) is 6.79. The van der Waals surface area contributed by atoms with E-state index in [4.69, 9.17) is 8.94 Å². The largest absolute Gasteiger partial charge is 0.440 e. The maximum atomic E-state index is 12.2. The fourth-order valence-electron chi connectivity index (χ4n) is 2.25. The Hall–Kier alpha value is -2.83. The molecule has 2 heterocycles. The Balaban J connectivity index is 1.70. The summed E-state index contributed by atoms with van der Waals surface area (Å²) in [6.45, 7) is 7.62. The monoisotopic (exact) mass is 328 g/mol. The highest BCUT2D eigenvalue weighted by atomic mass is 16.5. The second-order valence-corrected chi connectivity index (χ2v) is 6.08. The molecule has 3 aromatic rings. The van der Waals surface area contributed by atoms with E-state index in [1.807, 2.05) is 32.0 Å². The van der Waals surface area contributed by atoms with Gasteiger partial charge in [-0.15, -0.1) is 0 Å². The molecular formula is C17H20N4O3. The number of aryl methyl sites for hydroxylation is 1. The number of anilines is 2. The molecule has 0 saturated heterocycles. The van der Waals surface area contributed by atoms with E-state index in [2.05, 4.69) is 20.8 Å². The minimum atomic E-state index is -0.454. The molecule has 2 aromatic heterocycles. The molecule has 0 aliphatic heterocycles. The first-order valence-corrected chi connectivity index (χ1v) is 7.83. The Morgan fingerprint density at radius 2 is 2.00 bits per heavy atom. The number of nitrogens with one attached hydrogen (secondary N) is 2. The molecule has 7 heteroatoms. The van der Waals surface area contributed by atoms with Crippen molar-refractivity contribution in [2.75, 3.05) is 10.6 Å². The van der Waals surface area contributed by atoms with Crippen LogP contribution in [0.2, 0.25) is 0 Å². The van der Waals surface area contributed by atoms with Crippen molar-refractivity contribution in [3.63, 3.8) is 0 Å². The number of amides is 1. The van der Waals surface area contributed by atoms with Crippen LogP contribution in [0.3, 0.4) is 0 Å². The molecule has 0 radical (unpaired) electrons. The van der Waals surface area contributed by atoms with E-state index in [0.717, 1.165) is 16.8 Å². The molecule has 126 valence electrons. The van der Waals surface area contributed by atoms with Crippen molar-refractivity contribution in [3.8, 4) is 0 Å². The quantitative estimate of drug-likeness (QED) is 0.742.